The zero-order chi connectivity index (χ0) is 33.2. The molecule has 10 heteroatoms. The minimum absolute atomic E-state index is 0.205. The molecule has 1 aliphatic rings. The molecule has 0 saturated heterocycles. The Labute approximate surface area is 269 Å². The van der Waals surface area contributed by atoms with Crippen molar-refractivity contribution in [1.29, 1.82) is 10.5 Å². The molecule has 46 heavy (non-hydrogen) atoms. The molecular weight excluding hydrogens is 597 g/mol. The lowest BCUT2D eigenvalue weighted by Gasteiger charge is -2.24. The lowest BCUT2D eigenvalue weighted by Crippen LogP contribution is -2.34. The van der Waals surface area contributed by atoms with E-state index in [9.17, 15) is 23.7 Å². The van der Waals surface area contributed by atoms with Crippen LogP contribution in [0.2, 0.25) is 0 Å². The number of aryl methyl sites for hydroxylation is 2. The van der Waals surface area contributed by atoms with Crippen LogP contribution in [0.4, 0.5) is 11.4 Å². The number of aromatic nitrogens is 1. The molecule has 1 aliphatic heterocycles. The van der Waals surface area contributed by atoms with Gasteiger partial charge in [-0.25, -0.2) is 18.1 Å². The van der Waals surface area contributed by atoms with Gasteiger partial charge in [0.2, 0.25) is 10.0 Å². The zero-order valence-electron chi connectivity index (χ0n) is 26.4. The number of hydrogen-bond acceptors (Lipinski definition) is 7. The summed E-state index contributed by atoms with van der Waals surface area (Å²) >= 11 is 0. The molecule has 1 N–H and O–H groups in total. The summed E-state index contributed by atoms with van der Waals surface area (Å²) in [7, 11) is -3.30. The molecule has 0 fully saturated rings. The van der Waals surface area contributed by atoms with Gasteiger partial charge in [0.15, 0.2) is 0 Å². The molecule has 3 aromatic carbocycles. The number of pyridine rings is 1. The van der Waals surface area contributed by atoms with E-state index in [1.54, 1.807) is 6.92 Å². The van der Waals surface area contributed by atoms with Crippen molar-refractivity contribution in [2.45, 2.75) is 27.7 Å². The molecule has 1 aromatic heterocycles. The van der Waals surface area contributed by atoms with Crippen LogP contribution in [0.15, 0.2) is 82.6 Å². The minimum atomic E-state index is -3.30. The fraction of sp³-hybridized carbons (Fsp3) is 0.222. The second-order valence-electron chi connectivity index (χ2n) is 11.2. The number of anilines is 1. The van der Waals surface area contributed by atoms with Crippen LogP contribution in [-0.2, 0) is 10.0 Å². The third-order valence-electron chi connectivity index (χ3n) is 8.06. The Balaban J connectivity index is 1.72. The van der Waals surface area contributed by atoms with Crippen LogP contribution in [-0.4, -0.2) is 44.7 Å². The molecular formula is C36H34N6O3S. The maximum Gasteiger partial charge on any atom is 0.260 e. The number of hydrogen-bond donors (Lipinski definition) is 1. The summed E-state index contributed by atoms with van der Waals surface area (Å²) in [5.74, 6) is 0.276. The van der Waals surface area contributed by atoms with E-state index in [4.69, 9.17) is 4.99 Å². The van der Waals surface area contributed by atoms with Gasteiger partial charge in [0.1, 0.15) is 18.0 Å². The van der Waals surface area contributed by atoms with Crippen molar-refractivity contribution >= 4 is 38.4 Å². The summed E-state index contributed by atoms with van der Waals surface area (Å²) < 4.78 is 27.0. The Hall–Kier alpha value is -5.29. The Morgan fingerprint density at radius 1 is 0.935 bits per heavy atom. The molecule has 9 nitrogen and oxygen atoms in total. The lowest BCUT2D eigenvalue weighted by atomic mass is 9.92. The van der Waals surface area contributed by atoms with Gasteiger partial charge in [-0.3, -0.25) is 9.36 Å². The monoisotopic (exact) mass is 630 g/mol. The maximum absolute atomic E-state index is 14.2. The number of fused-ring (bicyclic) bond motifs is 1. The van der Waals surface area contributed by atoms with E-state index in [0.29, 0.717) is 41.0 Å². The van der Waals surface area contributed by atoms with E-state index in [2.05, 4.69) is 21.8 Å². The fourth-order valence-corrected chi connectivity index (χ4v) is 6.23. The van der Waals surface area contributed by atoms with Crippen LogP contribution >= 0.6 is 0 Å². The summed E-state index contributed by atoms with van der Waals surface area (Å²) in [6, 6.07) is 27.3. The minimum Gasteiger partial charge on any atom is -0.370 e. The Morgan fingerprint density at radius 3 is 2.22 bits per heavy atom. The Morgan fingerprint density at radius 2 is 1.63 bits per heavy atom. The molecule has 232 valence electrons. The number of sulfonamides is 1. The molecule has 0 bridgehead atoms. The maximum atomic E-state index is 14.2. The molecule has 0 spiro atoms. The molecule has 5 rings (SSSR count). The van der Waals surface area contributed by atoms with Crippen LogP contribution in [0.3, 0.4) is 0 Å². The van der Waals surface area contributed by atoms with Crippen LogP contribution in [0, 0.1) is 43.4 Å². The predicted octanol–water partition coefficient (Wildman–Crippen LogP) is 5.71. The number of nitriles is 2. The van der Waals surface area contributed by atoms with Crippen LogP contribution in [0.25, 0.3) is 22.3 Å². The average molecular weight is 631 g/mol. The highest BCUT2D eigenvalue weighted by Crippen LogP contribution is 2.40. The number of likely N-dealkylation sites (N-methyl/N-ethyl adjacent to an activating group) is 1. The normalized spacial score (nSPS) is 13.4. The third-order valence-corrected chi connectivity index (χ3v) is 8.79. The smallest absolute Gasteiger partial charge is 0.260 e. The van der Waals surface area contributed by atoms with Gasteiger partial charge >= 0.3 is 0 Å². The van der Waals surface area contributed by atoms with E-state index in [1.807, 2.05) is 93.6 Å². The van der Waals surface area contributed by atoms with E-state index in [0.717, 1.165) is 28.6 Å². The number of allylic oxidation sites excluding steroid dienone is 2. The predicted molar refractivity (Wildman–Crippen MR) is 184 cm³/mol. The van der Waals surface area contributed by atoms with Crippen molar-refractivity contribution in [3.63, 3.8) is 0 Å². The van der Waals surface area contributed by atoms with E-state index >= 15 is 0 Å². The van der Waals surface area contributed by atoms with Crippen molar-refractivity contribution < 1.29 is 8.42 Å². The van der Waals surface area contributed by atoms with Gasteiger partial charge in [-0.15, -0.1) is 0 Å². The highest BCUT2D eigenvalue weighted by Gasteiger charge is 2.35. The van der Waals surface area contributed by atoms with Crippen molar-refractivity contribution in [1.82, 2.24) is 9.29 Å². The number of benzene rings is 3. The van der Waals surface area contributed by atoms with Crippen LogP contribution in [0.5, 0.6) is 0 Å². The summed E-state index contributed by atoms with van der Waals surface area (Å²) in [6.45, 7) is 8.98. The van der Waals surface area contributed by atoms with E-state index < -0.39 is 10.0 Å². The molecule has 0 atom stereocenters. The van der Waals surface area contributed by atoms with Gasteiger partial charge in [-0.1, -0.05) is 60.2 Å². The first-order valence-corrected chi connectivity index (χ1v) is 16.7. The molecule has 4 aromatic rings. The molecule has 0 aliphatic carbocycles. The SMILES string of the molecule is CCN(CCNS(C)(=O)=O)c1ccc(N=C2C(c3ccccc3)=C(C#N)c3c(C#N)c(-c4ccc(C)cc4)c(C)c(=O)n32)c(C)c1. The van der Waals surface area contributed by atoms with Gasteiger partial charge in [0.25, 0.3) is 5.56 Å². The molecule has 0 amide bonds. The lowest BCUT2D eigenvalue weighted by molar-refractivity contribution is 0.587. The second-order valence-corrected chi connectivity index (χ2v) is 13.1. The summed E-state index contributed by atoms with van der Waals surface area (Å²) in [5, 5.41) is 21.1. The first kappa shape index (κ1) is 32.1. The number of aliphatic imine (C=N–C) groups is 1. The molecule has 2 heterocycles. The highest BCUT2D eigenvalue weighted by atomic mass is 32.2. The molecule has 0 radical (unpaired) electrons. The van der Waals surface area contributed by atoms with Gasteiger partial charge in [0, 0.05) is 42.0 Å². The summed E-state index contributed by atoms with van der Waals surface area (Å²) in [6.07, 6.45) is 1.13. The number of nitrogens with zero attached hydrogens (tertiary/aromatic N) is 5. The highest BCUT2D eigenvalue weighted by molar-refractivity contribution is 7.88. The van der Waals surface area contributed by atoms with E-state index in [-0.39, 0.29) is 34.8 Å². The van der Waals surface area contributed by atoms with Gasteiger partial charge in [0.05, 0.1) is 28.8 Å². The Kier molecular flexibility index (Phi) is 9.06. The Bertz CT molecular complexity index is 2150. The average Bonchev–Trinajstić information content (AvgIpc) is 3.36. The van der Waals surface area contributed by atoms with Crippen molar-refractivity contribution in [3.05, 3.63) is 117 Å². The number of rotatable bonds is 9. The van der Waals surface area contributed by atoms with Crippen LogP contribution in [0.1, 0.15) is 40.4 Å². The van der Waals surface area contributed by atoms with Crippen LogP contribution < -0.4 is 15.2 Å². The van der Waals surface area contributed by atoms with Gasteiger partial charge in [-0.2, -0.15) is 10.5 Å². The zero-order valence-corrected chi connectivity index (χ0v) is 27.2. The van der Waals surface area contributed by atoms with Crippen molar-refractivity contribution in [2.24, 2.45) is 4.99 Å². The van der Waals surface area contributed by atoms with Gasteiger partial charge < -0.3 is 4.90 Å². The topological polar surface area (TPSA) is 131 Å². The van der Waals surface area contributed by atoms with E-state index in [1.165, 1.54) is 4.57 Å². The standard InChI is InChI=1S/C36H34N6O3S/c1-6-41(19-18-39-46(5,44)45)28-16-17-31(24(3)20-28)40-35-33(26-10-8-7-9-11-26)30(22-38)34-29(21-37)32(25(4)36(43)42(34)35)27-14-12-23(2)13-15-27/h7-17,20,39H,6,18-19H2,1-5H3. The van der Waals surface area contributed by atoms with Crippen molar-refractivity contribution in [3.8, 4) is 23.3 Å². The third kappa shape index (κ3) is 6.14. The largest absolute Gasteiger partial charge is 0.370 e. The summed E-state index contributed by atoms with van der Waals surface area (Å²) in [5.41, 5.74) is 6.47. The first-order valence-electron chi connectivity index (χ1n) is 14.9. The quantitative estimate of drug-likeness (QED) is 0.252. The number of nitrogens with one attached hydrogen (secondary N) is 1. The van der Waals surface area contributed by atoms with Gasteiger partial charge in [-0.05, 0) is 62.6 Å². The second kappa shape index (κ2) is 13.0. The molecule has 0 unspecified atom stereocenters. The molecule has 0 saturated carbocycles. The summed E-state index contributed by atoms with van der Waals surface area (Å²) in [4.78, 5) is 21.3. The van der Waals surface area contributed by atoms with Crippen molar-refractivity contribution in [2.75, 3.05) is 30.8 Å². The first-order chi connectivity index (χ1) is 22.0. The fourth-order valence-electron chi connectivity index (χ4n) is 5.77.